The maximum absolute atomic E-state index is 12.5. The van der Waals surface area contributed by atoms with E-state index in [9.17, 15) is 9.59 Å². The standard InChI is InChI=1S/C17H19NO4/c1-18-8-6-17(7-9-18)11-14(19)13-10-12(3-5-16(20)21)2-4-15(13)22-17/h2-5,10H,6-9,11H2,1H3,(H,20,21)/b5-3+. The number of piperidine rings is 1. The summed E-state index contributed by atoms with van der Waals surface area (Å²) >= 11 is 0. The van der Waals surface area contributed by atoms with Crippen molar-refractivity contribution in [3.63, 3.8) is 0 Å². The second kappa shape index (κ2) is 5.57. The molecule has 0 saturated carbocycles. The number of rotatable bonds is 2. The second-order valence-corrected chi connectivity index (χ2v) is 6.12. The Hall–Kier alpha value is -2.14. The van der Waals surface area contributed by atoms with E-state index in [1.165, 1.54) is 6.08 Å². The van der Waals surface area contributed by atoms with Crippen molar-refractivity contribution in [1.29, 1.82) is 0 Å². The first-order chi connectivity index (χ1) is 10.5. The molecule has 0 amide bonds. The monoisotopic (exact) mass is 301 g/mol. The maximum atomic E-state index is 12.5. The van der Waals surface area contributed by atoms with Crippen LogP contribution >= 0.6 is 0 Å². The number of ketones is 1. The van der Waals surface area contributed by atoms with Crippen LogP contribution in [0.4, 0.5) is 0 Å². The van der Waals surface area contributed by atoms with Crippen LogP contribution in [0.15, 0.2) is 24.3 Å². The smallest absolute Gasteiger partial charge is 0.328 e. The largest absolute Gasteiger partial charge is 0.486 e. The molecule has 0 bridgehead atoms. The molecule has 1 saturated heterocycles. The summed E-state index contributed by atoms with van der Waals surface area (Å²) in [5.74, 6) is -0.310. The Morgan fingerprint density at radius 2 is 2.09 bits per heavy atom. The third-order valence-electron chi connectivity index (χ3n) is 4.43. The van der Waals surface area contributed by atoms with Gasteiger partial charge >= 0.3 is 5.97 Å². The Morgan fingerprint density at radius 1 is 1.36 bits per heavy atom. The summed E-state index contributed by atoms with van der Waals surface area (Å²) in [7, 11) is 2.08. The Kier molecular flexibility index (Phi) is 3.74. The molecule has 3 rings (SSSR count). The number of nitrogens with zero attached hydrogens (tertiary/aromatic N) is 1. The summed E-state index contributed by atoms with van der Waals surface area (Å²) in [5.41, 5.74) is 0.879. The van der Waals surface area contributed by atoms with E-state index in [0.717, 1.165) is 32.0 Å². The number of carbonyl (C=O) groups is 2. The first kappa shape index (κ1) is 14.8. The van der Waals surface area contributed by atoms with Gasteiger partial charge in [-0.05, 0) is 30.8 Å². The highest BCUT2D eigenvalue weighted by Crippen LogP contribution is 2.39. The van der Waals surface area contributed by atoms with Crippen molar-refractivity contribution < 1.29 is 19.4 Å². The van der Waals surface area contributed by atoms with Crippen molar-refractivity contribution >= 4 is 17.8 Å². The fraction of sp³-hybridized carbons (Fsp3) is 0.412. The van der Waals surface area contributed by atoms with Gasteiger partial charge in [0.15, 0.2) is 5.78 Å². The molecule has 1 aromatic rings. The number of Topliss-reactive ketones (excluding diaryl/α,β-unsaturated/α-hetero) is 1. The number of benzene rings is 1. The van der Waals surface area contributed by atoms with E-state index in [-0.39, 0.29) is 11.4 Å². The van der Waals surface area contributed by atoms with E-state index in [4.69, 9.17) is 9.84 Å². The lowest BCUT2D eigenvalue weighted by molar-refractivity contribution is -0.131. The van der Waals surface area contributed by atoms with Crippen molar-refractivity contribution in [2.45, 2.75) is 24.9 Å². The second-order valence-electron chi connectivity index (χ2n) is 6.12. The molecule has 0 atom stereocenters. The van der Waals surface area contributed by atoms with Crippen molar-refractivity contribution in [2.24, 2.45) is 0 Å². The van der Waals surface area contributed by atoms with E-state index in [0.29, 0.717) is 23.3 Å². The quantitative estimate of drug-likeness (QED) is 0.848. The van der Waals surface area contributed by atoms with Gasteiger partial charge in [-0.25, -0.2) is 4.79 Å². The van der Waals surface area contributed by atoms with Crippen LogP contribution in [0.25, 0.3) is 6.08 Å². The lowest BCUT2D eigenvalue weighted by Gasteiger charge is -2.43. The highest BCUT2D eigenvalue weighted by molar-refractivity contribution is 6.01. The van der Waals surface area contributed by atoms with Crippen LogP contribution in [0.3, 0.4) is 0 Å². The minimum absolute atomic E-state index is 0.0800. The van der Waals surface area contributed by atoms with Gasteiger partial charge in [-0.15, -0.1) is 0 Å². The van der Waals surface area contributed by atoms with Gasteiger partial charge in [0.2, 0.25) is 0 Å². The zero-order valence-corrected chi connectivity index (χ0v) is 12.5. The number of carboxylic acid groups (broad SMARTS) is 1. The molecule has 22 heavy (non-hydrogen) atoms. The number of likely N-dealkylation sites (tertiary alicyclic amines) is 1. The van der Waals surface area contributed by atoms with Crippen LogP contribution in [0, 0.1) is 0 Å². The molecular weight excluding hydrogens is 282 g/mol. The molecule has 116 valence electrons. The molecule has 1 N–H and O–H groups in total. The fourth-order valence-corrected chi connectivity index (χ4v) is 3.09. The molecule has 5 nitrogen and oxygen atoms in total. The number of hydrogen-bond donors (Lipinski definition) is 1. The van der Waals surface area contributed by atoms with E-state index in [2.05, 4.69) is 11.9 Å². The molecule has 0 aliphatic carbocycles. The normalized spacial score (nSPS) is 20.9. The van der Waals surface area contributed by atoms with Gasteiger partial charge < -0.3 is 14.7 Å². The third kappa shape index (κ3) is 2.90. The number of fused-ring (bicyclic) bond motifs is 1. The summed E-state index contributed by atoms with van der Waals surface area (Å²) in [6.45, 7) is 1.87. The lowest BCUT2D eigenvalue weighted by atomic mass is 9.82. The topological polar surface area (TPSA) is 66.8 Å². The molecule has 2 aliphatic heterocycles. The minimum Gasteiger partial charge on any atom is -0.486 e. The number of ether oxygens (including phenoxy) is 1. The van der Waals surface area contributed by atoms with Crippen molar-refractivity contribution in [1.82, 2.24) is 4.90 Å². The van der Waals surface area contributed by atoms with Gasteiger partial charge in [0.25, 0.3) is 0 Å². The Labute approximate surface area is 129 Å². The van der Waals surface area contributed by atoms with Crippen LogP contribution in [0.2, 0.25) is 0 Å². The highest BCUT2D eigenvalue weighted by atomic mass is 16.5. The Morgan fingerprint density at radius 3 is 2.77 bits per heavy atom. The zero-order chi connectivity index (χ0) is 15.7. The molecule has 0 aromatic heterocycles. The SMILES string of the molecule is CN1CCC2(CC1)CC(=O)c1cc(/C=C/C(=O)O)ccc1O2. The van der Waals surface area contributed by atoms with Gasteiger partial charge in [-0.3, -0.25) is 4.79 Å². The number of aliphatic carboxylic acids is 1. The number of hydrogen-bond acceptors (Lipinski definition) is 4. The number of carboxylic acids is 1. The van der Waals surface area contributed by atoms with E-state index >= 15 is 0 Å². The summed E-state index contributed by atoms with van der Waals surface area (Å²) < 4.78 is 6.17. The predicted molar refractivity (Wildman–Crippen MR) is 82.1 cm³/mol. The summed E-state index contributed by atoms with van der Waals surface area (Å²) in [6, 6.07) is 5.26. The average molecular weight is 301 g/mol. The van der Waals surface area contributed by atoms with Gasteiger partial charge in [-0.2, -0.15) is 0 Å². The van der Waals surface area contributed by atoms with Crippen molar-refractivity contribution in [3.05, 3.63) is 35.4 Å². The van der Waals surface area contributed by atoms with E-state index < -0.39 is 5.97 Å². The van der Waals surface area contributed by atoms with Crippen molar-refractivity contribution in [2.75, 3.05) is 20.1 Å². The molecule has 5 heteroatoms. The van der Waals surface area contributed by atoms with Gasteiger partial charge in [0.1, 0.15) is 11.4 Å². The average Bonchev–Trinajstić information content (AvgIpc) is 2.49. The molecule has 1 spiro atoms. The van der Waals surface area contributed by atoms with Gasteiger partial charge in [0, 0.05) is 32.0 Å². The van der Waals surface area contributed by atoms with Crippen molar-refractivity contribution in [3.8, 4) is 5.75 Å². The molecule has 2 heterocycles. The van der Waals surface area contributed by atoms with Crippen LogP contribution in [-0.4, -0.2) is 47.5 Å². The van der Waals surface area contributed by atoms with E-state index in [1.54, 1.807) is 18.2 Å². The van der Waals surface area contributed by atoms with E-state index in [1.807, 2.05) is 0 Å². The maximum Gasteiger partial charge on any atom is 0.328 e. The lowest BCUT2D eigenvalue weighted by Crippen LogP contribution is -2.50. The van der Waals surface area contributed by atoms with Gasteiger partial charge in [0.05, 0.1) is 12.0 Å². The highest BCUT2D eigenvalue weighted by Gasteiger charge is 2.42. The summed E-state index contributed by atoms with van der Waals surface area (Å²) in [5, 5.41) is 8.67. The molecule has 1 aromatic carbocycles. The molecular formula is C17H19NO4. The van der Waals surface area contributed by atoms with Crippen LogP contribution in [0.1, 0.15) is 35.2 Å². The van der Waals surface area contributed by atoms with Crippen LogP contribution in [-0.2, 0) is 4.79 Å². The Balaban J connectivity index is 1.86. The molecule has 0 unspecified atom stereocenters. The Bertz CT molecular complexity index is 642. The summed E-state index contributed by atoms with van der Waals surface area (Å²) in [4.78, 5) is 25.3. The molecule has 0 radical (unpaired) electrons. The van der Waals surface area contributed by atoms with Crippen LogP contribution < -0.4 is 4.74 Å². The molecule has 1 fully saturated rings. The molecule has 2 aliphatic rings. The zero-order valence-electron chi connectivity index (χ0n) is 12.5. The van der Waals surface area contributed by atoms with Crippen LogP contribution in [0.5, 0.6) is 5.75 Å². The predicted octanol–water partition coefficient (Wildman–Crippen LogP) is 2.21. The summed E-state index contributed by atoms with van der Waals surface area (Å²) in [6.07, 6.45) is 4.66. The first-order valence-corrected chi connectivity index (χ1v) is 7.43. The first-order valence-electron chi connectivity index (χ1n) is 7.43. The fourth-order valence-electron chi connectivity index (χ4n) is 3.09. The minimum atomic E-state index is -1.01. The number of carbonyl (C=O) groups excluding carboxylic acids is 1. The van der Waals surface area contributed by atoms with Gasteiger partial charge in [-0.1, -0.05) is 6.07 Å². The third-order valence-corrected chi connectivity index (χ3v) is 4.43.